The van der Waals surface area contributed by atoms with Crippen molar-refractivity contribution in [3.8, 4) is 6.07 Å². The van der Waals surface area contributed by atoms with Crippen LogP contribution in [0.5, 0.6) is 0 Å². The first-order valence-electron chi connectivity index (χ1n) is 12.1. The molecule has 0 radical (unpaired) electrons. The second-order valence-electron chi connectivity index (χ2n) is 9.39. The molecule has 2 saturated carbocycles. The van der Waals surface area contributed by atoms with Crippen LogP contribution >= 0.6 is 0 Å². The first-order chi connectivity index (χ1) is 16.6. The Morgan fingerprint density at radius 1 is 1.29 bits per heavy atom. The maximum atomic E-state index is 12.6. The van der Waals surface area contributed by atoms with Gasteiger partial charge in [-0.1, -0.05) is 6.58 Å². The topological polar surface area (TPSA) is 105 Å². The third kappa shape index (κ3) is 4.62. The van der Waals surface area contributed by atoms with Crippen LogP contribution in [0.15, 0.2) is 31.0 Å². The maximum Gasteiger partial charge on any atom is 0.225 e. The minimum absolute atomic E-state index is 0.0157. The van der Waals surface area contributed by atoms with Crippen LogP contribution in [0.4, 0.5) is 17.2 Å². The fourth-order valence-electron chi connectivity index (χ4n) is 4.84. The number of carbonyl (C=O) groups excluding carboxylic acids is 1. The van der Waals surface area contributed by atoms with Gasteiger partial charge in [-0.15, -0.1) is 0 Å². The fraction of sp³-hybridized carbons (Fsp3) is 0.462. The van der Waals surface area contributed by atoms with E-state index in [1.807, 2.05) is 23.1 Å². The maximum absolute atomic E-state index is 12.6. The van der Waals surface area contributed by atoms with Gasteiger partial charge in [-0.2, -0.15) is 5.26 Å². The van der Waals surface area contributed by atoms with Crippen molar-refractivity contribution in [1.29, 1.82) is 5.26 Å². The van der Waals surface area contributed by atoms with Gasteiger partial charge in [0, 0.05) is 43.9 Å². The summed E-state index contributed by atoms with van der Waals surface area (Å²) in [7, 11) is 0. The summed E-state index contributed by atoms with van der Waals surface area (Å²) in [6.45, 7) is 5.56. The second-order valence-corrected chi connectivity index (χ2v) is 9.39. The molecule has 0 unspecified atom stereocenters. The average Bonchev–Trinajstić information content (AvgIpc) is 3.77. The van der Waals surface area contributed by atoms with Crippen LogP contribution in [0.3, 0.4) is 0 Å². The van der Waals surface area contributed by atoms with E-state index in [2.05, 4.69) is 27.8 Å². The molecule has 1 saturated heterocycles. The summed E-state index contributed by atoms with van der Waals surface area (Å²) in [5.41, 5.74) is 4.06. The number of rotatable bonds is 8. The Labute approximate surface area is 199 Å². The highest BCUT2D eigenvalue weighted by molar-refractivity contribution is 5.77. The summed E-state index contributed by atoms with van der Waals surface area (Å²) in [6.07, 6.45) is 8.03. The highest BCUT2D eigenvalue weighted by atomic mass is 16.3. The normalized spacial score (nSPS) is 20.1. The van der Waals surface area contributed by atoms with Crippen LogP contribution < -0.4 is 10.2 Å². The van der Waals surface area contributed by atoms with E-state index in [-0.39, 0.29) is 25.0 Å². The third-order valence-corrected chi connectivity index (χ3v) is 6.92. The molecule has 34 heavy (non-hydrogen) atoms. The second kappa shape index (κ2) is 9.43. The Bertz CT molecular complexity index is 1130. The SMILES string of the molecule is C=Cc1cc(Nc2cc(C#N)c(N3CCN(C(=O)CCO)[C@H](C4CC4)C3)nc2C2CC2)ccn1. The average molecular weight is 459 g/mol. The first kappa shape index (κ1) is 22.4. The monoisotopic (exact) mass is 458 g/mol. The highest BCUT2D eigenvalue weighted by Gasteiger charge is 2.41. The van der Waals surface area contributed by atoms with Gasteiger partial charge in [0.15, 0.2) is 0 Å². The van der Waals surface area contributed by atoms with Crippen molar-refractivity contribution in [3.63, 3.8) is 0 Å². The van der Waals surface area contributed by atoms with Gasteiger partial charge in [0.05, 0.1) is 35.3 Å². The summed E-state index contributed by atoms with van der Waals surface area (Å²) in [6, 6.07) is 8.20. The Morgan fingerprint density at radius 2 is 2.12 bits per heavy atom. The summed E-state index contributed by atoms with van der Waals surface area (Å²) >= 11 is 0. The Hall–Kier alpha value is -3.44. The quantitative estimate of drug-likeness (QED) is 0.624. The van der Waals surface area contributed by atoms with Gasteiger partial charge in [-0.05, 0) is 55.9 Å². The molecule has 0 aromatic carbocycles. The van der Waals surface area contributed by atoms with E-state index in [9.17, 15) is 15.2 Å². The number of piperazine rings is 1. The van der Waals surface area contributed by atoms with Gasteiger partial charge < -0.3 is 20.2 Å². The van der Waals surface area contributed by atoms with Crippen molar-refractivity contribution in [1.82, 2.24) is 14.9 Å². The van der Waals surface area contributed by atoms with E-state index in [0.717, 1.165) is 54.3 Å². The minimum Gasteiger partial charge on any atom is -0.396 e. The zero-order valence-electron chi connectivity index (χ0n) is 19.3. The molecule has 0 spiro atoms. The zero-order valence-corrected chi connectivity index (χ0v) is 19.3. The molecule has 8 heteroatoms. The van der Waals surface area contributed by atoms with Gasteiger partial charge in [-0.3, -0.25) is 9.78 Å². The first-order valence-corrected chi connectivity index (χ1v) is 12.1. The molecule has 2 aromatic heterocycles. The van der Waals surface area contributed by atoms with Crippen molar-refractivity contribution < 1.29 is 9.90 Å². The molecule has 1 atom stereocenters. The fourth-order valence-corrected chi connectivity index (χ4v) is 4.84. The molecule has 1 amide bonds. The predicted molar refractivity (Wildman–Crippen MR) is 131 cm³/mol. The van der Waals surface area contributed by atoms with E-state index < -0.39 is 0 Å². The minimum atomic E-state index is -0.123. The molecular formula is C26H30N6O2. The number of nitrogens with zero attached hydrogens (tertiary/aromatic N) is 5. The van der Waals surface area contributed by atoms with Crippen molar-refractivity contribution in [2.45, 2.75) is 44.1 Å². The van der Waals surface area contributed by atoms with Crippen LogP contribution in [0.1, 0.15) is 55.0 Å². The number of nitriles is 1. The van der Waals surface area contributed by atoms with Crippen molar-refractivity contribution in [2.75, 3.05) is 36.5 Å². The van der Waals surface area contributed by atoms with E-state index in [1.165, 1.54) is 0 Å². The van der Waals surface area contributed by atoms with Gasteiger partial charge in [-0.25, -0.2) is 4.98 Å². The van der Waals surface area contributed by atoms with Crippen LogP contribution in [-0.2, 0) is 4.79 Å². The molecule has 3 heterocycles. The van der Waals surface area contributed by atoms with E-state index in [0.29, 0.717) is 37.0 Å². The number of hydrogen-bond acceptors (Lipinski definition) is 7. The Morgan fingerprint density at radius 3 is 2.79 bits per heavy atom. The van der Waals surface area contributed by atoms with Crippen LogP contribution in [0.2, 0.25) is 0 Å². The number of hydrogen-bond donors (Lipinski definition) is 2. The number of carbonyl (C=O) groups is 1. The number of aliphatic hydroxyl groups excluding tert-OH is 1. The Balaban J connectivity index is 1.44. The smallest absolute Gasteiger partial charge is 0.225 e. The number of pyridine rings is 2. The number of aliphatic hydroxyl groups is 1. The van der Waals surface area contributed by atoms with Crippen molar-refractivity contribution in [2.24, 2.45) is 5.92 Å². The van der Waals surface area contributed by atoms with Gasteiger partial charge in [0.25, 0.3) is 0 Å². The predicted octanol–water partition coefficient (Wildman–Crippen LogP) is 3.42. The largest absolute Gasteiger partial charge is 0.396 e. The molecule has 2 aliphatic carbocycles. The summed E-state index contributed by atoms with van der Waals surface area (Å²) in [5.74, 6) is 1.62. The molecule has 3 fully saturated rings. The lowest BCUT2D eigenvalue weighted by Crippen LogP contribution is -2.56. The molecule has 2 N–H and O–H groups in total. The van der Waals surface area contributed by atoms with E-state index in [4.69, 9.17) is 4.98 Å². The molecule has 3 aliphatic rings. The Kier molecular flexibility index (Phi) is 6.20. The van der Waals surface area contributed by atoms with Gasteiger partial charge >= 0.3 is 0 Å². The number of aromatic nitrogens is 2. The number of amides is 1. The summed E-state index contributed by atoms with van der Waals surface area (Å²) in [4.78, 5) is 26.0. The van der Waals surface area contributed by atoms with Crippen LogP contribution in [0, 0.1) is 17.2 Å². The van der Waals surface area contributed by atoms with Crippen molar-refractivity contribution in [3.05, 3.63) is 47.9 Å². The third-order valence-electron chi connectivity index (χ3n) is 6.92. The molecular weight excluding hydrogens is 428 g/mol. The molecule has 176 valence electrons. The molecule has 5 rings (SSSR count). The number of nitrogens with one attached hydrogen (secondary N) is 1. The standard InChI is InChI=1S/C26H30N6O2/c1-2-20-14-21(7-9-28-20)29-22-13-19(15-27)26(30-25(22)18-5-6-18)31-10-11-32(24(34)8-12-33)23(16-31)17-3-4-17/h2,7,9,13-14,17-18,23,33H,1,3-6,8,10-12,16H2,(H,28,29)/t23-/m0/s1. The molecule has 1 aliphatic heterocycles. The number of anilines is 3. The van der Waals surface area contributed by atoms with E-state index >= 15 is 0 Å². The highest BCUT2D eigenvalue weighted by Crippen LogP contribution is 2.45. The molecule has 8 nitrogen and oxygen atoms in total. The molecule has 2 aromatic rings. The van der Waals surface area contributed by atoms with Crippen LogP contribution in [0.25, 0.3) is 6.08 Å². The van der Waals surface area contributed by atoms with Crippen LogP contribution in [-0.4, -0.2) is 58.2 Å². The lowest BCUT2D eigenvalue weighted by atomic mass is 10.0. The lowest BCUT2D eigenvalue weighted by molar-refractivity contribution is -0.135. The summed E-state index contributed by atoms with van der Waals surface area (Å²) in [5, 5.41) is 22.7. The lowest BCUT2D eigenvalue weighted by Gasteiger charge is -2.42. The molecule has 0 bridgehead atoms. The van der Waals surface area contributed by atoms with Gasteiger partial charge in [0.1, 0.15) is 11.9 Å². The van der Waals surface area contributed by atoms with Gasteiger partial charge in [0.2, 0.25) is 5.91 Å². The van der Waals surface area contributed by atoms with E-state index in [1.54, 1.807) is 12.3 Å². The summed E-state index contributed by atoms with van der Waals surface area (Å²) < 4.78 is 0. The zero-order chi connectivity index (χ0) is 23.7. The van der Waals surface area contributed by atoms with Crippen molar-refractivity contribution >= 4 is 29.2 Å².